The van der Waals surface area contributed by atoms with E-state index in [1.807, 2.05) is 13.8 Å². The number of carbonyl (C=O) groups excluding carboxylic acids is 1. The van der Waals surface area contributed by atoms with Crippen LogP contribution in [-0.4, -0.2) is 16.2 Å². The molecule has 0 atom stereocenters. The van der Waals surface area contributed by atoms with Gasteiger partial charge in [0.25, 0.3) is 0 Å². The number of nitrogens with one attached hydrogen (secondary N) is 1. The monoisotopic (exact) mass is 205 g/mol. The molecule has 1 aromatic carbocycles. The first-order valence-corrected chi connectivity index (χ1v) is 4.70. The lowest BCUT2D eigenvalue weighted by molar-refractivity contribution is -0.118. The van der Waals surface area contributed by atoms with Crippen molar-refractivity contribution < 1.29 is 9.42 Å². The van der Waals surface area contributed by atoms with E-state index < -0.39 is 0 Å². The molecule has 1 aromatic heterocycles. The number of hydrogen-bond acceptors (Lipinski definition) is 4. The third kappa shape index (κ3) is 1.96. The lowest BCUT2D eigenvalue weighted by Gasteiger charge is -2.06. The molecule has 0 spiro atoms. The Morgan fingerprint density at radius 1 is 1.33 bits per heavy atom. The van der Waals surface area contributed by atoms with Crippen LogP contribution < -0.4 is 5.32 Å². The zero-order chi connectivity index (χ0) is 10.8. The molecule has 0 fully saturated rings. The largest absolute Gasteiger partial charge is 0.326 e. The van der Waals surface area contributed by atoms with Gasteiger partial charge in [-0.3, -0.25) is 4.79 Å². The number of rotatable bonds is 2. The number of benzene rings is 1. The first-order chi connectivity index (χ1) is 7.16. The van der Waals surface area contributed by atoms with Crippen molar-refractivity contribution in [2.24, 2.45) is 5.92 Å². The van der Waals surface area contributed by atoms with Crippen LogP contribution in [0, 0.1) is 5.92 Å². The number of hydrogen-bond donors (Lipinski definition) is 1. The van der Waals surface area contributed by atoms with Crippen molar-refractivity contribution in [1.29, 1.82) is 0 Å². The van der Waals surface area contributed by atoms with E-state index in [1.165, 1.54) is 0 Å². The summed E-state index contributed by atoms with van der Waals surface area (Å²) in [5.41, 5.74) is 2.02. The fourth-order valence-electron chi connectivity index (χ4n) is 1.15. The summed E-state index contributed by atoms with van der Waals surface area (Å²) >= 11 is 0. The smallest absolute Gasteiger partial charge is 0.226 e. The lowest BCUT2D eigenvalue weighted by atomic mass is 10.2. The third-order valence-electron chi connectivity index (χ3n) is 2.05. The minimum absolute atomic E-state index is 0.0224. The molecule has 2 rings (SSSR count). The van der Waals surface area contributed by atoms with E-state index in [0.717, 1.165) is 0 Å². The van der Waals surface area contributed by atoms with E-state index in [4.69, 9.17) is 0 Å². The summed E-state index contributed by atoms with van der Waals surface area (Å²) in [5.74, 6) is -0.0677. The average Bonchev–Trinajstić information content (AvgIpc) is 2.64. The van der Waals surface area contributed by atoms with Gasteiger partial charge in [0.1, 0.15) is 11.0 Å². The molecule has 0 bridgehead atoms. The van der Waals surface area contributed by atoms with Crippen LogP contribution in [0.25, 0.3) is 11.0 Å². The van der Waals surface area contributed by atoms with Gasteiger partial charge in [-0.15, -0.1) is 0 Å². The van der Waals surface area contributed by atoms with Crippen molar-refractivity contribution in [2.75, 3.05) is 5.32 Å². The van der Waals surface area contributed by atoms with E-state index in [1.54, 1.807) is 18.2 Å². The predicted octanol–water partition coefficient (Wildman–Crippen LogP) is 1.82. The van der Waals surface area contributed by atoms with Crippen LogP contribution in [0.2, 0.25) is 0 Å². The number of nitrogens with zero attached hydrogens (tertiary/aromatic N) is 2. The van der Waals surface area contributed by atoms with Crippen LogP contribution in [0.1, 0.15) is 13.8 Å². The zero-order valence-corrected chi connectivity index (χ0v) is 8.52. The molecule has 5 heteroatoms. The van der Waals surface area contributed by atoms with Crippen LogP contribution in [0.3, 0.4) is 0 Å². The summed E-state index contributed by atoms with van der Waals surface area (Å²) < 4.78 is 4.56. The first kappa shape index (κ1) is 9.64. The van der Waals surface area contributed by atoms with Gasteiger partial charge >= 0.3 is 0 Å². The molecule has 5 nitrogen and oxygen atoms in total. The third-order valence-corrected chi connectivity index (χ3v) is 2.05. The molecule has 0 radical (unpaired) electrons. The van der Waals surface area contributed by atoms with Gasteiger partial charge in [-0.1, -0.05) is 13.8 Å². The summed E-state index contributed by atoms with van der Waals surface area (Å²) in [7, 11) is 0. The van der Waals surface area contributed by atoms with Crippen LogP contribution in [0.15, 0.2) is 22.8 Å². The number of amides is 1. The van der Waals surface area contributed by atoms with E-state index in [2.05, 4.69) is 20.3 Å². The second kappa shape index (κ2) is 3.68. The average molecular weight is 205 g/mol. The van der Waals surface area contributed by atoms with E-state index in [-0.39, 0.29) is 11.8 Å². The maximum absolute atomic E-state index is 11.4. The van der Waals surface area contributed by atoms with Crippen molar-refractivity contribution in [3.8, 4) is 0 Å². The molecule has 78 valence electrons. The van der Waals surface area contributed by atoms with Gasteiger partial charge in [0.2, 0.25) is 5.91 Å². The molecular weight excluding hydrogens is 194 g/mol. The molecule has 15 heavy (non-hydrogen) atoms. The van der Waals surface area contributed by atoms with Gasteiger partial charge in [0.05, 0.1) is 0 Å². The molecule has 2 aromatic rings. The maximum Gasteiger partial charge on any atom is 0.226 e. The summed E-state index contributed by atoms with van der Waals surface area (Å²) in [6.45, 7) is 3.68. The highest BCUT2D eigenvalue weighted by Gasteiger charge is 2.08. The Hall–Kier alpha value is -1.91. The lowest BCUT2D eigenvalue weighted by Crippen LogP contribution is -2.17. The van der Waals surface area contributed by atoms with E-state index in [0.29, 0.717) is 16.7 Å². The fraction of sp³-hybridized carbons (Fsp3) is 0.300. The highest BCUT2D eigenvalue weighted by atomic mass is 16.6. The summed E-state index contributed by atoms with van der Waals surface area (Å²) in [6, 6.07) is 5.25. The zero-order valence-electron chi connectivity index (χ0n) is 8.52. The van der Waals surface area contributed by atoms with Crippen molar-refractivity contribution in [1.82, 2.24) is 10.3 Å². The Kier molecular flexibility index (Phi) is 2.37. The second-order valence-corrected chi connectivity index (χ2v) is 3.61. The van der Waals surface area contributed by atoms with Crippen molar-refractivity contribution >= 4 is 22.6 Å². The van der Waals surface area contributed by atoms with E-state index >= 15 is 0 Å². The quantitative estimate of drug-likeness (QED) is 0.811. The topological polar surface area (TPSA) is 68.0 Å². The van der Waals surface area contributed by atoms with Crippen LogP contribution in [0.5, 0.6) is 0 Å². The van der Waals surface area contributed by atoms with Crippen LogP contribution >= 0.6 is 0 Å². The molecule has 0 saturated heterocycles. The molecule has 0 aliphatic carbocycles. The Balaban J connectivity index is 2.25. The minimum atomic E-state index is -0.0452. The molecular formula is C10H11N3O2. The summed E-state index contributed by atoms with van der Waals surface area (Å²) in [6.07, 6.45) is 0. The number of carbonyl (C=O) groups is 1. The minimum Gasteiger partial charge on any atom is -0.326 e. The number of aromatic nitrogens is 2. The van der Waals surface area contributed by atoms with Crippen molar-refractivity contribution in [3.05, 3.63) is 18.2 Å². The summed E-state index contributed by atoms with van der Waals surface area (Å²) in [4.78, 5) is 11.4. The predicted molar refractivity (Wildman–Crippen MR) is 55.3 cm³/mol. The Morgan fingerprint density at radius 3 is 2.80 bits per heavy atom. The second-order valence-electron chi connectivity index (χ2n) is 3.61. The van der Waals surface area contributed by atoms with Crippen molar-refractivity contribution in [3.63, 3.8) is 0 Å². The van der Waals surface area contributed by atoms with Crippen LogP contribution in [0.4, 0.5) is 5.69 Å². The van der Waals surface area contributed by atoms with Gasteiger partial charge in [0, 0.05) is 11.6 Å². The first-order valence-electron chi connectivity index (χ1n) is 4.70. The standard InChI is InChI=1S/C10H11N3O2/c1-6(2)10(14)11-7-3-4-8-9(5-7)13-15-12-8/h3-6H,1-2H3,(H,11,14). The SMILES string of the molecule is CC(C)C(=O)Nc1ccc2nonc2c1. The molecule has 1 amide bonds. The van der Waals surface area contributed by atoms with Gasteiger partial charge in [0.15, 0.2) is 0 Å². The molecule has 1 N–H and O–H groups in total. The molecule has 0 saturated carbocycles. The van der Waals surface area contributed by atoms with Gasteiger partial charge < -0.3 is 5.32 Å². The summed E-state index contributed by atoms with van der Waals surface area (Å²) in [5, 5.41) is 10.1. The highest BCUT2D eigenvalue weighted by Crippen LogP contribution is 2.16. The number of anilines is 1. The van der Waals surface area contributed by atoms with Gasteiger partial charge in [-0.2, -0.15) is 0 Å². The van der Waals surface area contributed by atoms with Crippen molar-refractivity contribution in [2.45, 2.75) is 13.8 Å². The molecule has 1 heterocycles. The molecule has 0 unspecified atom stereocenters. The highest BCUT2D eigenvalue weighted by molar-refractivity contribution is 5.93. The molecule has 0 aliphatic heterocycles. The Labute approximate surface area is 86.4 Å². The van der Waals surface area contributed by atoms with Crippen LogP contribution in [-0.2, 0) is 4.79 Å². The fourth-order valence-corrected chi connectivity index (χ4v) is 1.15. The maximum atomic E-state index is 11.4. The Morgan fingerprint density at radius 2 is 2.07 bits per heavy atom. The normalized spacial score (nSPS) is 10.9. The van der Waals surface area contributed by atoms with Gasteiger partial charge in [-0.25, -0.2) is 4.63 Å². The molecule has 0 aliphatic rings. The number of fused-ring (bicyclic) bond motifs is 1. The van der Waals surface area contributed by atoms with E-state index in [9.17, 15) is 4.79 Å². The van der Waals surface area contributed by atoms with Gasteiger partial charge in [-0.05, 0) is 28.5 Å². The Bertz CT molecular complexity index is 490.